The van der Waals surface area contributed by atoms with E-state index in [4.69, 9.17) is 69.6 Å². The van der Waals surface area contributed by atoms with Crippen LogP contribution in [0.4, 0.5) is 5.69 Å². The SMILES string of the molecule is CCCCC(=O)c1cc(NC(=O)C2C(c3cc(Cl)cc(Cl)c3)C2(Cl)Cl)c(Cl)cc1Cl. The number of amides is 1. The molecule has 9 heteroatoms. The molecule has 1 aliphatic carbocycles. The highest BCUT2D eigenvalue weighted by Gasteiger charge is 2.67. The first-order valence-electron chi connectivity index (χ1n) is 9.23. The Hall–Kier alpha value is -0.680. The van der Waals surface area contributed by atoms with Crippen molar-refractivity contribution in [3.05, 3.63) is 61.5 Å². The van der Waals surface area contributed by atoms with Crippen molar-refractivity contribution >= 4 is 87.0 Å². The van der Waals surface area contributed by atoms with Gasteiger partial charge in [0.2, 0.25) is 5.91 Å². The number of rotatable bonds is 7. The Morgan fingerprint density at radius 1 is 0.967 bits per heavy atom. The third-order valence-corrected chi connectivity index (χ3v) is 6.95. The smallest absolute Gasteiger partial charge is 0.231 e. The lowest BCUT2D eigenvalue weighted by atomic mass is 10.0. The van der Waals surface area contributed by atoms with Gasteiger partial charge in [0.1, 0.15) is 4.33 Å². The van der Waals surface area contributed by atoms with Crippen LogP contribution in [-0.2, 0) is 4.79 Å². The van der Waals surface area contributed by atoms with Gasteiger partial charge in [0.25, 0.3) is 0 Å². The Balaban J connectivity index is 1.83. The fraction of sp³-hybridized carbons (Fsp3) is 0.333. The highest BCUT2D eigenvalue weighted by Crippen LogP contribution is 2.65. The predicted molar refractivity (Wildman–Crippen MR) is 126 cm³/mol. The van der Waals surface area contributed by atoms with Crippen molar-refractivity contribution in [2.75, 3.05) is 5.32 Å². The van der Waals surface area contributed by atoms with Gasteiger partial charge in [0, 0.05) is 27.9 Å². The van der Waals surface area contributed by atoms with E-state index < -0.39 is 22.1 Å². The second kappa shape index (κ2) is 9.44. The summed E-state index contributed by atoms with van der Waals surface area (Å²) in [6.45, 7) is 1.99. The van der Waals surface area contributed by atoms with Crippen LogP contribution in [0.3, 0.4) is 0 Å². The van der Waals surface area contributed by atoms with Gasteiger partial charge in [-0.15, -0.1) is 23.2 Å². The Labute approximate surface area is 204 Å². The number of benzene rings is 2. The number of anilines is 1. The van der Waals surface area contributed by atoms with Gasteiger partial charge in [-0.05, 0) is 42.3 Å². The standard InChI is InChI=1S/C21H17Cl6NO2/c1-2-3-4-17(29)13-8-16(15(25)9-14(13)24)28-20(30)19-18(21(19,26)27)10-5-11(22)7-12(23)6-10/h5-9,18-19H,2-4H2,1H3,(H,28,30). The molecule has 0 saturated heterocycles. The number of carbonyl (C=O) groups is 2. The minimum Gasteiger partial charge on any atom is -0.324 e. The van der Waals surface area contributed by atoms with E-state index >= 15 is 0 Å². The number of halogens is 6. The van der Waals surface area contributed by atoms with Gasteiger partial charge in [-0.25, -0.2) is 0 Å². The summed E-state index contributed by atoms with van der Waals surface area (Å²) in [6, 6.07) is 7.85. The minimum atomic E-state index is -1.32. The summed E-state index contributed by atoms with van der Waals surface area (Å²) >= 11 is 37.3. The highest BCUT2D eigenvalue weighted by atomic mass is 35.5. The van der Waals surface area contributed by atoms with Crippen LogP contribution in [0.25, 0.3) is 0 Å². The molecule has 160 valence electrons. The van der Waals surface area contributed by atoms with Crippen LogP contribution in [0.1, 0.15) is 48.0 Å². The van der Waals surface area contributed by atoms with Gasteiger partial charge in [-0.2, -0.15) is 0 Å². The fourth-order valence-corrected chi connectivity index (χ4v) is 5.27. The van der Waals surface area contributed by atoms with Crippen molar-refractivity contribution in [1.29, 1.82) is 0 Å². The Kier molecular flexibility index (Phi) is 7.54. The van der Waals surface area contributed by atoms with E-state index in [9.17, 15) is 9.59 Å². The average Bonchev–Trinajstić information content (AvgIpc) is 3.23. The third-order valence-electron chi connectivity index (χ3n) is 4.95. The molecule has 2 atom stereocenters. The Morgan fingerprint density at radius 2 is 1.60 bits per heavy atom. The van der Waals surface area contributed by atoms with E-state index in [-0.39, 0.29) is 21.5 Å². The van der Waals surface area contributed by atoms with E-state index in [0.29, 0.717) is 27.6 Å². The van der Waals surface area contributed by atoms with E-state index in [0.717, 1.165) is 12.8 Å². The van der Waals surface area contributed by atoms with Crippen molar-refractivity contribution < 1.29 is 9.59 Å². The van der Waals surface area contributed by atoms with Crippen LogP contribution in [0.5, 0.6) is 0 Å². The highest BCUT2D eigenvalue weighted by molar-refractivity contribution is 6.53. The molecule has 1 fully saturated rings. The molecule has 1 N–H and O–H groups in total. The molecule has 0 heterocycles. The molecule has 3 nitrogen and oxygen atoms in total. The molecule has 1 amide bonds. The molecule has 1 aliphatic rings. The lowest BCUT2D eigenvalue weighted by Gasteiger charge is -2.11. The van der Waals surface area contributed by atoms with E-state index in [1.165, 1.54) is 12.1 Å². The van der Waals surface area contributed by atoms with Crippen LogP contribution in [-0.4, -0.2) is 16.0 Å². The first-order valence-corrected chi connectivity index (χ1v) is 11.5. The number of hydrogen-bond acceptors (Lipinski definition) is 2. The van der Waals surface area contributed by atoms with Gasteiger partial charge in [-0.3, -0.25) is 9.59 Å². The summed E-state index contributed by atoms with van der Waals surface area (Å²) in [5, 5.41) is 4.00. The summed E-state index contributed by atoms with van der Waals surface area (Å²) in [5.74, 6) is -1.79. The van der Waals surface area contributed by atoms with Crippen molar-refractivity contribution in [2.45, 2.75) is 36.4 Å². The number of nitrogens with one attached hydrogen (secondary N) is 1. The summed E-state index contributed by atoms with van der Waals surface area (Å²) in [7, 11) is 0. The number of unbranched alkanes of at least 4 members (excludes halogenated alkanes) is 1. The largest absolute Gasteiger partial charge is 0.324 e. The normalized spacial score (nSPS) is 19.4. The van der Waals surface area contributed by atoms with E-state index in [1.54, 1.807) is 18.2 Å². The average molecular weight is 528 g/mol. The molecule has 1 saturated carbocycles. The second-order valence-electron chi connectivity index (χ2n) is 7.16. The number of ketones is 1. The fourth-order valence-electron chi connectivity index (χ4n) is 3.36. The minimum absolute atomic E-state index is 0.115. The van der Waals surface area contributed by atoms with E-state index in [1.807, 2.05) is 6.92 Å². The molecule has 0 spiro atoms. The topological polar surface area (TPSA) is 46.2 Å². The zero-order valence-corrected chi connectivity index (χ0v) is 20.3. The Bertz CT molecular complexity index is 987. The quantitative estimate of drug-likeness (QED) is 0.291. The maximum absolute atomic E-state index is 12.9. The second-order valence-corrected chi connectivity index (χ2v) is 10.3. The molecule has 2 aromatic carbocycles. The molecule has 30 heavy (non-hydrogen) atoms. The van der Waals surface area contributed by atoms with Gasteiger partial charge in [0.15, 0.2) is 5.78 Å². The van der Waals surface area contributed by atoms with Crippen molar-refractivity contribution in [1.82, 2.24) is 0 Å². The number of carbonyl (C=O) groups excluding carboxylic acids is 2. The third kappa shape index (κ3) is 5.03. The molecular formula is C21H17Cl6NO2. The number of alkyl halides is 2. The van der Waals surface area contributed by atoms with Crippen molar-refractivity contribution in [2.24, 2.45) is 5.92 Å². The maximum Gasteiger partial charge on any atom is 0.231 e. The van der Waals surface area contributed by atoms with Crippen LogP contribution in [0.2, 0.25) is 20.1 Å². The molecule has 3 rings (SSSR count). The van der Waals surface area contributed by atoms with Crippen LogP contribution in [0, 0.1) is 5.92 Å². The lowest BCUT2D eigenvalue weighted by Crippen LogP contribution is -2.18. The summed E-state index contributed by atoms with van der Waals surface area (Å²) in [4.78, 5) is 25.3. The lowest BCUT2D eigenvalue weighted by molar-refractivity contribution is -0.117. The molecule has 0 aromatic heterocycles. The maximum atomic E-state index is 12.9. The molecule has 0 aliphatic heterocycles. The van der Waals surface area contributed by atoms with Gasteiger partial charge >= 0.3 is 0 Å². The van der Waals surface area contributed by atoms with Crippen LogP contribution < -0.4 is 5.32 Å². The first-order chi connectivity index (χ1) is 14.1. The number of Topliss-reactive ketones (excluding diaryl/α,β-unsaturated/α-hetero) is 1. The molecule has 2 aromatic rings. The molecule has 2 unspecified atom stereocenters. The number of hydrogen-bond donors (Lipinski definition) is 1. The van der Waals surface area contributed by atoms with Gasteiger partial charge < -0.3 is 5.32 Å². The van der Waals surface area contributed by atoms with Gasteiger partial charge in [-0.1, -0.05) is 59.7 Å². The first kappa shape index (κ1) is 24.0. The van der Waals surface area contributed by atoms with Crippen molar-refractivity contribution in [3.63, 3.8) is 0 Å². The van der Waals surface area contributed by atoms with Gasteiger partial charge in [0.05, 0.1) is 21.7 Å². The van der Waals surface area contributed by atoms with Crippen LogP contribution in [0.15, 0.2) is 30.3 Å². The Morgan fingerprint density at radius 3 is 2.20 bits per heavy atom. The summed E-state index contributed by atoms with van der Waals surface area (Å²) in [5.41, 5.74) is 1.24. The monoisotopic (exact) mass is 525 g/mol. The predicted octanol–water partition coefficient (Wildman–Crippen LogP) is 8.20. The molecule has 0 bridgehead atoms. The summed E-state index contributed by atoms with van der Waals surface area (Å²) in [6.07, 6.45) is 1.98. The molecular weight excluding hydrogens is 511 g/mol. The van der Waals surface area contributed by atoms with Crippen LogP contribution >= 0.6 is 69.6 Å². The molecule has 0 radical (unpaired) electrons. The zero-order valence-electron chi connectivity index (χ0n) is 15.7. The van der Waals surface area contributed by atoms with Crippen molar-refractivity contribution in [3.8, 4) is 0 Å². The van der Waals surface area contributed by atoms with E-state index in [2.05, 4.69) is 5.32 Å². The summed E-state index contributed by atoms with van der Waals surface area (Å²) < 4.78 is -1.32. The zero-order chi connectivity index (χ0) is 22.2.